The minimum absolute atomic E-state index is 0.535. The highest BCUT2D eigenvalue weighted by molar-refractivity contribution is 9.10. The molecule has 2 nitrogen and oxygen atoms in total. The summed E-state index contributed by atoms with van der Waals surface area (Å²) in [5.74, 6) is 0. The molecule has 0 saturated heterocycles. The molecule has 94 valence electrons. The molecule has 0 unspecified atom stereocenters. The van der Waals surface area contributed by atoms with Crippen molar-refractivity contribution in [3.05, 3.63) is 63.1 Å². The standard InChI is InChI=1S/C14H13BrClNO/c15-14-7-13(17)5-4-11(14)9-18-8-10-2-1-3-12(16)6-10/h1-7H,8-9,17H2. The largest absolute Gasteiger partial charge is 0.399 e. The minimum Gasteiger partial charge on any atom is -0.399 e. The molecule has 0 aliphatic carbocycles. The zero-order valence-electron chi connectivity index (χ0n) is 9.70. The first-order valence-electron chi connectivity index (χ1n) is 5.51. The van der Waals surface area contributed by atoms with Gasteiger partial charge in [0, 0.05) is 15.2 Å². The summed E-state index contributed by atoms with van der Waals surface area (Å²) >= 11 is 9.37. The van der Waals surface area contributed by atoms with E-state index in [1.165, 1.54) is 0 Å². The Morgan fingerprint density at radius 2 is 1.94 bits per heavy atom. The minimum atomic E-state index is 0.535. The van der Waals surface area contributed by atoms with Gasteiger partial charge in [-0.2, -0.15) is 0 Å². The number of hydrogen-bond acceptors (Lipinski definition) is 2. The Kier molecular flexibility index (Phi) is 4.64. The van der Waals surface area contributed by atoms with E-state index in [1.807, 2.05) is 42.5 Å². The zero-order valence-corrected chi connectivity index (χ0v) is 12.0. The Hall–Kier alpha value is -1.03. The third-order valence-electron chi connectivity index (χ3n) is 2.49. The second-order valence-electron chi connectivity index (χ2n) is 3.97. The van der Waals surface area contributed by atoms with Gasteiger partial charge in [-0.15, -0.1) is 0 Å². The molecule has 18 heavy (non-hydrogen) atoms. The van der Waals surface area contributed by atoms with Gasteiger partial charge in [0.2, 0.25) is 0 Å². The highest BCUT2D eigenvalue weighted by Crippen LogP contribution is 2.21. The molecule has 0 bridgehead atoms. The van der Waals surface area contributed by atoms with Crippen LogP contribution in [0.5, 0.6) is 0 Å². The van der Waals surface area contributed by atoms with Crippen molar-refractivity contribution in [2.75, 3.05) is 5.73 Å². The van der Waals surface area contributed by atoms with E-state index < -0.39 is 0 Å². The summed E-state index contributed by atoms with van der Waals surface area (Å²) in [6.45, 7) is 1.07. The second-order valence-corrected chi connectivity index (χ2v) is 5.26. The van der Waals surface area contributed by atoms with Gasteiger partial charge in [0.25, 0.3) is 0 Å². The Morgan fingerprint density at radius 3 is 2.67 bits per heavy atom. The van der Waals surface area contributed by atoms with Gasteiger partial charge >= 0.3 is 0 Å². The van der Waals surface area contributed by atoms with Gasteiger partial charge in [-0.1, -0.05) is 45.7 Å². The lowest BCUT2D eigenvalue weighted by Crippen LogP contribution is -1.96. The van der Waals surface area contributed by atoms with Crippen LogP contribution in [-0.4, -0.2) is 0 Å². The summed E-state index contributed by atoms with van der Waals surface area (Å²) in [5.41, 5.74) is 8.55. The van der Waals surface area contributed by atoms with Crippen LogP contribution in [0.25, 0.3) is 0 Å². The van der Waals surface area contributed by atoms with Crippen LogP contribution in [0, 0.1) is 0 Å². The van der Waals surface area contributed by atoms with Crippen LogP contribution >= 0.6 is 27.5 Å². The third kappa shape index (κ3) is 3.73. The summed E-state index contributed by atoms with van der Waals surface area (Å²) < 4.78 is 6.62. The monoisotopic (exact) mass is 325 g/mol. The van der Waals surface area contributed by atoms with E-state index in [0.29, 0.717) is 13.2 Å². The highest BCUT2D eigenvalue weighted by atomic mass is 79.9. The number of hydrogen-bond donors (Lipinski definition) is 1. The maximum absolute atomic E-state index is 5.91. The van der Waals surface area contributed by atoms with Gasteiger partial charge in [-0.25, -0.2) is 0 Å². The first-order valence-corrected chi connectivity index (χ1v) is 6.68. The molecule has 0 amide bonds. The Morgan fingerprint density at radius 1 is 1.11 bits per heavy atom. The molecule has 0 spiro atoms. The predicted octanol–water partition coefficient (Wildman–Crippen LogP) is 4.40. The van der Waals surface area contributed by atoms with Crippen molar-refractivity contribution in [1.29, 1.82) is 0 Å². The van der Waals surface area contributed by atoms with Gasteiger partial charge in [0.1, 0.15) is 0 Å². The highest BCUT2D eigenvalue weighted by Gasteiger charge is 2.01. The molecule has 2 N–H and O–H groups in total. The molecule has 0 aliphatic heterocycles. The lowest BCUT2D eigenvalue weighted by atomic mass is 10.2. The van der Waals surface area contributed by atoms with Gasteiger partial charge < -0.3 is 10.5 Å². The van der Waals surface area contributed by atoms with Crippen molar-refractivity contribution in [1.82, 2.24) is 0 Å². The van der Waals surface area contributed by atoms with Crippen molar-refractivity contribution >= 4 is 33.2 Å². The fourth-order valence-electron chi connectivity index (χ4n) is 1.59. The molecule has 0 fully saturated rings. The van der Waals surface area contributed by atoms with Crippen LogP contribution in [0.15, 0.2) is 46.9 Å². The smallest absolute Gasteiger partial charge is 0.0732 e. The van der Waals surface area contributed by atoms with E-state index in [1.54, 1.807) is 0 Å². The van der Waals surface area contributed by atoms with E-state index in [2.05, 4.69) is 15.9 Å². The molecule has 2 aromatic carbocycles. The number of rotatable bonds is 4. The van der Waals surface area contributed by atoms with Crippen LogP contribution in [0.1, 0.15) is 11.1 Å². The zero-order chi connectivity index (χ0) is 13.0. The maximum atomic E-state index is 5.91. The summed E-state index contributed by atoms with van der Waals surface area (Å²) in [6, 6.07) is 13.4. The van der Waals surface area contributed by atoms with E-state index >= 15 is 0 Å². The number of benzene rings is 2. The summed E-state index contributed by atoms with van der Waals surface area (Å²) in [7, 11) is 0. The average Bonchev–Trinajstić information content (AvgIpc) is 2.32. The predicted molar refractivity (Wildman–Crippen MR) is 78.5 cm³/mol. The molecule has 0 saturated carbocycles. The van der Waals surface area contributed by atoms with Gasteiger partial charge in [0.15, 0.2) is 0 Å². The van der Waals surface area contributed by atoms with Crippen molar-refractivity contribution in [3.63, 3.8) is 0 Å². The van der Waals surface area contributed by atoms with Crippen LogP contribution in [0.3, 0.4) is 0 Å². The number of ether oxygens (including phenoxy) is 1. The van der Waals surface area contributed by atoms with Crippen LogP contribution in [0.4, 0.5) is 5.69 Å². The topological polar surface area (TPSA) is 35.2 Å². The number of nitrogens with two attached hydrogens (primary N) is 1. The summed E-state index contributed by atoms with van der Waals surface area (Å²) in [4.78, 5) is 0. The van der Waals surface area contributed by atoms with E-state index in [0.717, 1.165) is 26.3 Å². The summed E-state index contributed by atoms with van der Waals surface area (Å²) in [6.07, 6.45) is 0. The molecule has 0 atom stereocenters. The molecular formula is C14H13BrClNO. The third-order valence-corrected chi connectivity index (χ3v) is 3.47. The van der Waals surface area contributed by atoms with Crippen LogP contribution in [-0.2, 0) is 18.0 Å². The maximum Gasteiger partial charge on any atom is 0.0732 e. The first kappa shape index (κ1) is 13.4. The fourth-order valence-corrected chi connectivity index (χ4v) is 2.31. The fraction of sp³-hybridized carbons (Fsp3) is 0.143. The average molecular weight is 327 g/mol. The molecule has 2 rings (SSSR count). The molecule has 0 aromatic heterocycles. The van der Waals surface area contributed by atoms with Crippen molar-refractivity contribution < 1.29 is 4.74 Å². The molecule has 2 aromatic rings. The lowest BCUT2D eigenvalue weighted by molar-refractivity contribution is 0.107. The molecule has 0 aliphatic rings. The number of halogens is 2. The lowest BCUT2D eigenvalue weighted by Gasteiger charge is -2.07. The van der Waals surface area contributed by atoms with E-state index in [-0.39, 0.29) is 0 Å². The van der Waals surface area contributed by atoms with Crippen LogP contribution in [0.2, 0.25) is 5.02 Å². The molecule has 0 heterocycles. The summed E-state index contributed by atoms with van der Waals surface area (Å²) in [5, 5.41) is 0.727. The van der Waals surface area contributed by atoms with Crippen molar-refractivity contribution in [2.45, 2.75) is 13.2 Å². The van der Waals surface area contributed by atoms with Gasteiger partial charge in [0.05, 0.1) is 13.2 Å². The van der Waals surface area contributed by atoms with Crippen LogP contribution < -0.4 is 5.73 Å². The molecule has 0 radical (unpaired) electrons. The second kappa shape index (κ2) is 6.23. The first-order chi connectivity index (χ1) is 8.65. The SMILES string of the molecule is Nc1ccc(COCc2cccc(Cl)c2)c(Br)c1. The van der Waals surface area contributed by atoms with Crippen molar-refractivity contribution in [2.24, 2.45) is 0 Å². The number of nitrogen functional groups attached to an aromatic ring is 1. The van der Waals surface area contributed by atoms with E-state index in [4.69, 9.17) is 22.1 Å². The Labute approximate surface area is 120 Å². The van der Waals surface area contributed by atoms with Gasteiger partial charge in [-0.3, -0.25) is 0 Å². The molecule has 4 heteroatoms. The Balaban J connectivity index is 1.92. The number of anilines is 1. The van der Waals surface area contributed by atoms with E-state index in [9.17, 15) is 0 Å². The normalized spacial score (nSPS) is 10.6. The molecular weight excluding hydrogens is 314 g/mol. The quantitative estimate of drug-likeness (QED) is 0.845. The Bertz CT molecular complexity index is 545. The van der Waals surface area contributed by atoms with Crippen molar-refractivity contribution in [3.8, 4) is 0 Å². The van der Waals surface area contributed by atoms with Gasteiger partial charge in [-0.05, 0) is 35.4 Å².